The molecule has 0 aliphatic carbocycles. The van der Waals surface area contributed by atoms with Gasteiger partial charge in [-0.3, -0.25) is 9.59 Å². The molecule has 0 atom stereocenters. The molecule has 0 aliphatic heterocycles. The number of rotatable bonds is 5. The molecule has 3 rings (SSSR count). The highest BCUT2D eigenvalue weighted by Gasteiger charge is 2.14. The molecular weight excluding hydrogens is 347 g/mol. The fourth-order valence-corrected chi connectivity index (χ4v) is 2.75. The van der Waals surface area contributed by atoms with Gasteiger partial charge >= 0.3 is 0 Å². The number of nitrogens with zero attached hydrogens (tertiary/aromatic N) is 1. The average Bonchev–Trinajstić information content (AvgIpc) is 2.61. The zero-order chi connectivity index (χ0) is 19.4. The van der Waals surface area contributed by atoms with E-state index in [0.717, 1.165) is 15.9 Å². The Labute approximate surface area is 156 Å². The molecule has 3 aromatic rings. The maximum absolute atomic E-state index is 13.7. The number of amides is 1. The van der Waals surface area contributed by atoms with Crippen LogP contribution >= 0.6 is 0 Å². The predicted molar refractivity (Wildman–Crippen MR) is 101 cm³/mol. The molecule has 1 amide bonds. The zero-order valence-electron chi connectivity index (χ0n) is 15.0. The Bertz CT molecular complexity index is 1020. The summed E-state index contributed by atoms with van der Waals surface area (Å²) >= 11 is 0. The van der Waals surface area contributed by atoms with E-state index in [1.807, 2.05) is 32.0 Å². The Balaban J connectivity index is 1.78. The van der Waals surface area contributed by atoms with Crippen LogP contribution in [0.2, 0.25) is 0 Å². The average molecular weight is 366 g/mol. The first-order chi connectivity index (χ1) is 12.9. The van der Waals surface area contributed by atoms with Crippen molar-refractivity contribution in [1.82, 2.24) is 4.73 Å². The molecule has 0 radical (unpaired) electrons. The SMILES string of the molecule is Cc1cc(C)cc(NC(=O)c2cccn(OCc3ccccc3F)c2=O)c1. The van der Waals surface area contributed by atoms with Crippen LogP contribution in [-0.4, -0.2) is 10.6 Å². The minimum absolute atomic E-state index is 0.0646. The molecule has 0 bridgehead atoms. The lowest BCUT2D eigenvalue weighted by Crippen LogP contribution is -2.32. The summed E-state index contributed by atoms with van der Waals surface area (Å²) in [5.74, 6) is -0.955. The first kappa shape index (κ1) is 18.4. The lowest BCUT2D eigenvalue weighted by molar-refractivity contribution is 0.0847. The number of anilines is 1. The van der Waals surface area contributed by atoms with Gasteiger partial charge in [0.25, 0.3) is 11.5 Å². The first-order valence-corrected chi connectivity index (χ1v) is 8.42. The largest absolute Gasteiger partial charge is 0.406 e. The number of carbonyl (C=O) groups excluding carboxylic acids is 1. The third-order valence-electron chi connectivity index (χ3n) is 3.96. The number of aryl methyl sites for hydroxylation is 2. The number of hydrogen-bond acceptors (Lipinski definition) is 3. The van der Waals surface area contributed by atoms with E-state index in [-0.39, 0.29) is 12.2 Å². The minimum Gasteiger partial charge on any atom is -0.406 e. The van der Waals surface area contributed by atoms with E-state index in [4.69, 9.17) is 4.84 Å². The van der Waals surface area contributed by atoms with Crippen LogP contribution in [0.25, 0.3) is 0 Å². The molecule has 5 nitrogen and oxygen atoms in total. The van der Waals surface area contributed by atoms with Crippen LogP contribution in [0.1, 0.15) is 27.0 Å². The predicted octanol–water partition coefficient (Wildman–Crippen LogP) is 3.49. The number of aromatic nitrogens is 1. The maximum Gasteiger partial charge on any atom is 0.295 e. The van der Waals surface area contributed by atoms with Crippen molar-refractivity contribution in [2.75, 3.05) is 5.32 Å². The Hall–Kier alpha value is -3.41. The summed E-state index contributed by atoms with van der Waals surface area (Å²) in [6.07, 6.45) is 1.39. The van der Waals surface area contributed by atoms with Crippen LogP contribution in [-0.2, 0) is 6.61 Å². The molecule has 0 fully saturated rings. The monoisotopic (exact) mass is 366 g/mol. The van der Waals surface area contributed by atoms with Crippen LogP contribution in [0.5, 0.6) is 0 Å². The zero-order valence-corrected chi connectivity index (χ0v) is 15.0. The molecule has 0 saturated carbocycles. The second kappa shape index (κ2) is 7.86. The highest BCUT2D eigenvalue weighted by Crippen LogP contribution is 2.14. The van der Waals surface area contributed by atoms with Gasteiger partial charge in [0.15, 0.2) is 0 Å². The van der Waals surface area contributed by atoms with Crippen LogP contribution in [0.4, 0.5) is 10.1 Å². The highest BCUT2D eigenvalue weighted by molar-refractivity contribution is 6.04. The highest BCUT2D eigenvalue weighted by atomic mass is 19.1. The summed E-state index contributed by atoms with van der Waals surface area (Å²) in [4.78, 5) is 30.4. The van der Waals surface area contributed by atoms with Gasteiger partial charge in [-0.15, -0.1) is 0 Å². The van der Waals surface area contributed by atoms with Crippen molar-refractivity contribution >= 4 is 11.6 Å². The molecule has 138 valence electrons. The van der Waals surface area contributed by atoms with E-state index in [0.29, 0.717) is 11.3 Å². The summed E-state index contributed by atoms with van der Waals surface area (Å²) in [7, 11) is 0. The van der Waals surface area contributed by atoms with E-state index < -0.39 is 17.3 Å². The van der Waals surface area contributed by atoms with E-state index in [1.54, 1.807) is 18.2 Å². The molecule has 2 aromatic carbocycles. The number of nitrogens with one attached hydrogen (secondary N) is 1. The fourth-order valence-electron chi connectivity index (χ4n) is 2.75. The quantitative estimate of drug-likeness (QED) is 0.752. The van der Waals surface area contributed by atoms with Crippen LogP contribution in [0.15, 0.2) is 65.6 Å². The third kappa shape index (κ3) is 4.41. The molecule has 0 spiro atoms. The Kier molecular flexibility index (Phi) is 5.35. The van der Waals surface area contributed by atoms with Gasteiger partial charge in [-0.1, -0.05) is 24.3 Å². The molecule has 0 aliphatic rings. The normalized spacial score (nSPS) is 10.5. The van der Waals surface area contributed by atoms with Crippen molar-refractivity contribution in [2.45, 2.75) is 20.5 Å². The van der Waals surface area contributed by atoms with Gasteiger partial charge in [0.05, 0.1) is 0 Å². The molecule has 1 N–H and O–H groups in total. The summed E-state index contributed by atoms with van der Waals surface area (Å²) in [5, 5.41) is 2.72. The van der Waals surface area contributed by atoms with Gasteiger partial charge in [-0.2, -0.15) is 4.73 Å². The minimum atomic E-state index is -0.615. The van der Waals surface area contributed by atoms with Crippen LogP contribution in [0.3, 0.4) is 0 Å². The van der Waals surface area contributed by atoms with Gasteiger partial charge in [0.2, 0.25) is 0 Å². The van der Waals surface area contributed by atoms with Crippen LogP contribution < -0.4 is 15.7 Å². The number of pyridine rings is 1. The van der Waals surface area contributed by atoms with Gasteiger partial charge in [-0.05, 0) is 55.3 Å². The van der Waals surface area contributed by atoms with Crippen molar-refractivity contribution in [3.63, 3.8) is 0 Å². The first-order valence-electron chi connectivity index (χ1n) is 8.42. The second-order valence-electron chi connectivity index (χ2n) is 6.25. The van der Waals surface area contributed by atoms with Gasteiger partial charge in [0.1, 0.15) is 18.0 Å². The van der Waals surface area contributed by atoms with Gasteiger partial charge in [0, 0.05) is 17.4 Å². The molecule has 1 heterocycles. The topological polar surface area (TPSA) is 60.3 Å². The van der Waals surface area contributed by atoms with E-state index in [1.165, 1.54) is 24.4 Å². The van der Waals surface area contributed by atoms with E-state index >= 15 is 0 Å². The van der Waals surface area contributed by atoms with Crippen molar-refractivity contribution < 1.29 is 14.0 Å². The molecule has 27 heavy (non-hydrogen) atoms. The third-order valence-corrected chi connectivity index (χ3v) is 3.96. The Morgan fingerprint density at radius 3 is 2.48 bits per heavy atom. The molecular formula is C21H19FN2O3. The standard InChI is InChI=1S/C21H19FN2O3/c1-14-10-15(2)12-17(11-14)23-20(25)18-7-5-9-24(21(18)26)27-13-16-6-3-4-8-19(16)22/h3-12H,13H2,1-2H3,(H,23,25). The molecule has 6 heteroatoms. The lowest BCUT2D eigenvalue weighted by Gasteiger charge is -2.11. The van der Waals surface area contributed by atoms with Crippen molar-refractivity contribution in [2.24, 2.45) is 0 Å². The number of halogens is 1. The number of carbonyl (C=O) groups is 1. The number of hydrogen-bond donors (Lipinski definition) is 1. The molecule has 1 aromatic heterocycles. The Morgan fingerprint density at radius 2 is 1.78 bits per heavy atom. The van der Waals surface area contributed by atoms with Crippen molar-refractivity contribution in [1.29, 1.82) is 0 Å². The summed E-state index contributed by atoms with van der Waals surface area (Å²) in [5.41, 5.74) is 2.25. The van der Waals surface area contributed by atoms with Crippen molar-refractivity contribution in [3.05, 3.63) is 99.2 Å². The van der Waals surface area contributed by atoms with Gasteiger partial charge in [-0.25, -0.2) is 4.39 Å². The summed E-state index contributed by atoms with van der Waals surface area (Å²) < 4.78 is 14.6. The van der Waals surface area contributed by atoms with Crippen molar-refractivity contribution in [3.8, 4) is 0 Å². The lowest BCUT2D eigenvalue weighted by atomic mass is 10.1. The summed E-state index contributed by atoms with van der Waals surface area (Å²) in [6, 6.07) is 14.7. The summed E-state index contributed by atoms with van der Waals surface area (Å²) in [6.45, 7) is 3.72. The molecule has 0 saturated heterocycles. The Morgan fingerprint density at radius 1 is 1.07 bits per heavy atom. The van der Waals surface area contributed by atoms with E-state index in [2.05, 4.69) is 5.32 Å². The second-order valence-corrected chi connectivity index (χ2v) is 6.25. The number of benzene rings is 2. The smallest absolute Gasteiger partial charge is 0.295 e. The molecule has 0 unspecified atom stereocenters. The van der Waals surface area contributed by atoms with E-state index in [9.17, 15) is 14.0 Å². The fraction of sp³-hybridized carbons (Fsp3) is 0.143. The maximum atomic E-state index is 13.7. The van der Waals surface area contributed by atoms with Gasteiger partial charge < -0.3 is 10.2 Å². The van der Waals surface area contributed by atoms with Crippen LogP contribution in [0, 0.1) is 19.7 Å².